The van der Waals surface area contributed by atoms with Crippen LogP contribution in [0.25, 0.3) is 27.5 Å². The highest BCUT2D eigenvalue weighted by Gasteiger charge is 2.14. The van der Waals surface area contributed by atoms with Crippen LogP contribution in [-0.4, -0.2) is 39.1 Å². The number of amides is 1. The molecule has 5 aromatic rings. The molecule has 5 rings (SSSR count). The number of anilines is 2. The SMILES string of the molecule is CCN(CC)c1ccc(-n2nc3cc(C)c(NC(=S)NC(=O)c4cccc5ccccc45)cc3n2)cc1. The number of aromatic nitrogens is 3. The van der Waals surface area contributed by atoms with Gasteiger partial charge in [0.05, 0.1) is 5.69 Å². The Balaban J connectivity index is 1.34. The van der Waals surface area contributed by atoms with Gasteiger partial charge in [-0.05, 0) is 91.8 Å². The van der Waals surface area contributed by atoms with Crippen LogP contribution in [0.2, 0.25) is 0 Å². The molecule has 7 nitrogen and oxygen atoms in total. The van der Waals surface area contributed by atoms with Crippen molar-refractivity contribution in [2.75, 3.05) is 23.3 Å². The van der Waals surface area contributed by atoms with Crippen molar-refractivity contribution in [1.82, 2.24) is 20.3 Å². The van der Waals surface area contributed by atoms with Crippen LogP contribution < -0.4 is 15.5 Å². The van der Waals surface area contributed by atoms with Crippen molar-refractivity contribution in [1.29, 1.82) is 0 Å². The zero-order valence-corrected chi connectivity index (χ0v) is 21.8. The molecular formula is C29H28N6OS. The van der Waals surface area contributed by atoms with E-state index in [9.17, 15) is 4.79 Å². The fourth-order valence-corrected chi connectivity index (χ4v) is 4.65. The first-order valence-corrected chi connectivity index (χ1v) is 12.7. The molecule has 2 N–H and O–H groups in total. The first-order valence-electron chi connectivity index (χ1n) is 12.3. The summed E-state index contributed by atoms with van der Waals surface area (Å²) >= 11 is 5.46. The molecular weight excluding hydrogens is 480 g/mol. The van der Waals surface area contributed by atoms with Gasteiger partial charge in [0.15, 0.2) is 5.11 Å². The Morgan fingerprint density at radius 3 is 2.32 bits per heavy atom. The molecule has 1 amide bonds. The average Bonchev–Trinajstić information content (AvgIpc) is 3.32. The number of nitrogens with zero attached hydrogens (tertiary/aromatic N) is 4. The quantitative estimate of drug-likeness (QED) is 0.280. The molecule has 4 aromatic carbocycles. The molecule has 0 radical (unpaired) electrons. The van der Waals surface area contributed by atoms with E-state index in [2.05, 4.69) is 51.7 Å². The molecule has 0 spiro atoms. The maximum absolute atomic E-state index is 13.0. The van der Waals surface area contributed by atoms with Crippen LogP contribution in [0.3, 0.4) is 0 Å². The van der Waals surface area contributed by atoms with Crippen molar-refractivity contribution in [2.24, 2.45) is 0 Å². The van der Waals surface area contributed by atoms with E-state index >= 15 is 0 Å². The largest absolute Gasteiger partial charge is 0.372 e. The lowest BCUT2D eigenvalue weighted by Crippen LogP contribution is -2.34. The normalized spacial score (nSPS) is 11.0. The van der Waals surface area contributed by atoms with Gasteiger partial charge in [0.25, 0.3) is 5.91 Å². The van der Waals surface area contributed by atoms with Crippen LogP contribution in [-0.2, 0) is 0 Å². The second-order valence-electron chi connectivity index (χ2n) is 8.77. The van der Waals surface area contributed by atoms with Gasteiger partial charge in [-0.1, -0.05) is 36.4 Å². The predicted octanol–water partition coefficient (Wildman–Crippen LogP) is 5.86. The van der Waals surface area contributed by atoms with Crippen LogP contribution in [0.15, 0.2) is 78.9 Å². The van der Waals surface area contributed by atoms with Crippen LogP contribution in [0.1, 0.15) is 29.8 Å². The Hall–Kier alpha value is -4.30. The summed E-state index contributed by atoms with van der Waals surface area (Å²) in [5.74, 6) is -0.257. The monoisotopic (exact) mass is 508 g/mol. The van der Waals surface area contributed by atoms with Gasteiger partial charge in [0.1, 0.15) is 11.0 Å². The van der Waals surface area contributed by atoms with Crippen LogP contribution in [0.5, 0.6) is 0 Å². The highest BCUT2D eigenvalue weighted by Crippen LogP contribution is 2.24. The van der Waals surface area contributed by atoms with Gasteiger partial charge in [-0.25, -0.2) is 0 Å². The Morgan fingerprint density at radius 1 is 0.919 bits per heavy atom. The molecule has 0 aliphatic rings. The third-order valence-corrected chi connectivity index (χ3v) is 6.65. The lowest BCUT2D eigenvalue weighted by atomic mass is 10.0. The lowest BCUT2D eigenvalue weighted by Gasteiger charge is -2.20. The highest BCUT2D eigenvalue weighted by molar-refractivity contribution is 7.80. The van der Waals surface area contributed by atoms with Crippen molar-refractivity contribution in [3.8, 4) is 5.69 Å². The van der Waals surface area contributed by atoms with Crippen molar-refractivity contribution in [3.63, 3.8) is 0 Å². The average molecular weight is 509 g/mol. The van der Waals surface area contributed by atoms with Gasteiger partial charge in [-0.2, -0.15) is 4.80 Å². The van der Waals surface area contributed by atoms with Crippen molar-refractivity contribution in [2.45, 2.75) is 20.8 Å². The third kappa shape index (κ3) is 5.01. The van der Waals surface area contributed by atoms with E-state index in [1.807, 2.05) is 67.6 Å². The zero-order chi connectivity index (χ0) is 25.9. The van der Waals surface area contributed by atoms with Crippen molar-refractivity contribution in [3.05, 3.63) is 90.0 Å². The van der Waals surface area contributed by atoms with E-state index in [-0.39, 0.29) is 11.0 Å². The van der Waals surface area contributed by atoms with E-state index in [0.29, 0.717) is 5.56 Å². The van der Waals surface area contributed by atoms with E-state index in [0.717, 1.165) is 51.8 Å². The molecule has 0 saturated heterocycles. The topological polar surface area (TPSA) is 75.1 Å². The predicted molar refractivity (Wildman–Crippen MR) is 155 cm³/mol. The summed E-state index contributed by atoms with van der Waals surface area (Å²) in [7, 11) is 0. The molecule has 8 heteroatoms. The molecule has 0 bridgehead atoms. The molecule has 37 heavy (non-hydrogen) atoms. The zero-order valence-electron chi connectivity index (χ0n) is 21.0. The van der Waals surface area contributed by atoms with Gasteiger partial charge < -0.3 is 10.2 Å². The summed E-state index contributed by atoms with van der Waals surface area (Å²) < 4.78 is 0. The fourth-order valence-electron chi connectivity index (χ4n) is 4.45. The van der Waals surface area contributed by atoms with Gasteiger partial charge in [0.2, 0.25) is 0 Å². The number of hydrogen-bond acceptors (Lipinski definition) is 5. The maximum atomic E-state index is 13.0. The molecule has 1 aromatic heterocycles. The number of carbonyl (C=O) groups excluding carboxylic acids is 1. The number of fused-ring (bicyclic) bond motifs is 2. The highest BCUT2D eigenvalue weighted by atomic mass is 32.1. The number of hydrogen-bond donors (Lipinski definition) is 2. The molecule has 0 fully saturated rings. The molecule has 0 atom stereocenters. The Labute approximate surface area is 221 Å². The summed E-state index contributed by atoms with van der Waals surface area (Å²) in [5, 5.41) is 17.4. The van der Waals surface area contributed by atoms with Crippen molar-refractivity contribution < 1.29 is 4.79 Å². The third-order valence-electron chi connectivity index (χ3n) is 6.45. The summed E-state index contributed by atoms with van der Waals surface area (Å²) in [4.78, 5) is 16.9. The Morgan fingerprint density at radius 2 is 1.59 bits per heavy atom. The second-order valence-corrected chi connectivity index (χ2v) is 9.18. The van der Waals surface area contributed by atoms with E-state index in [1.165, 1.54) is 5.69 Å². The summed E-state index contributed by atoms with van der Waals surface area (Å²) in [6, 6.07) is 25.5. The number of benzene rings is 4. The first kappa shape index (κ1) is 24.4. The molecule has 0 aliphatic heterocycles. The summed E-state index contributed by atoms with van der Waals surface area (Å²) in [6.07, 6.45) is 0. The van der Waals surface area contributed by atoms with E-state index < -0.39 is 0 Å². The lowest BCUT2D eigenvalue weighted by molar-refractivity contribution is 0.0979. The minimum atomic E-state index is -0.257. The Kier molecular flexibility index (Phi) is 6.83. The maximum Gasteiger partial charge on any atom is 0.258 e. The molecule has 0 aliphatic carbocycles. The fraction of sp³-hybridized carbons (Fsp3) is 0.172. The minimum absolute atomic E-state index is 0.222. The van der Waals surface area contributed by atoms with E-state index in [1.54, 1.807) is 10.9 Å². The number of carbonyl (C=O) groups is 1. The molecule has 1 heterocycles. The standard InChI is InChI=1S/C29H28N6OS/c1-4-34(5-2)21-13-15-22(16-14-21)35-32-26-17-19(3)25(18-27(26)33-35)30-29(37)31-28(36)24-12-8-10-20-9-6-7-11-23(20)24/h6-18H,4-5H2,1-3H3,(H2,30,31,36,37). The van der Waals surface area contributed by atoms with Gasteiger partial charge in [0, 0.05) is 30.0 Å². The molecule has 0 unspecified atom stereocenters. The molecule has 0 saturated carbocycles. The minimum Gasteiger partial charge on any atom is -0.372 e. The van der Waals surface area contributed by atoms with Crippen LogP contribution >= 0.6 is 12.2 Å². The molecule has 186 valence electrons. The van der Waals surface area contributed by atoms with Gasteiger partial charge in [-0.15, -0.1) is 10.2 Å². The van der Waals surface area contributed by atoms with E-state index in [4.69, 9.17) is 12.2 Å². The Bertz CT molecular complexity index is 1600. The number of thiocarbonyl (C=S) groups is 1. The summed E-state index contributed by atoms with van der Waals surface area (Å²) in [6.45, 7) is 8.18. The van der Waals surface area contributed by atoms with Gasteiger partial charge >= 0.3 is 0 Å². The summed E-state index contributed by atoms with van der Waals surface area (Å²) in [5.41, 5.74) is 5.84. The number of aryl methyl sites for hydroxylation is 1. The first-order chi connectivity index (χ1) is 18.0. The van der Waals surface area contributed by atoms with Crippen LogP contribution in [0.4, 0.5) is 11.4 Å². The van der Waals surface area contributed by atoms with Crippen LogP contribution in [0, 0.1) is 6.92 Å². The van der Waals surface area contributed by atoms with Crippen molar-refractivity contribution >= 4 is 56.4 Å². The number of nitrogens with one attached hydrogen (secondary N) is 2. The number of rotatable bonds is 6. The second kappa shape index (κ2) is 10.4. The smallest absolute Gasteiger partial charge is 0.258 e. The van der Waals surface area contributed by atoms with Gasteiger partial charge in [-0.3, -0.25) is 10.1 Å².